The Bertz CT molecular complexity index is 2000. The molecular formula is C50H71N5O7S. The molecule has 1 saturated heterocycles. The molecule has 0 aliphatic carbocycles. The molecule has 0 spiro atoms. The van der Waals surface area contributed by atoms with Gasteiger partial charge in [0.1, 0.15) is 30.3 Å². The van der Waals surface area contributed by atoms with E-state index in [0.717, 1.165) is 21.7 Å². The van der Waals surface area contributed by atoms with Gasteiger partial charge in [0.05, 0.1) is 17.2 Å². The molecule has 3 heterocycles. The van der Waals surface area contributed by atoms with Crippen LogP contribution in [0.1, 0.15) is 100.0 Å². The number of nitrogens with zero attached hydrogens (tertiary/aromatic N) is 4. The molecule has 0 saturated carbocycles. The normalized spacial score (nSPS) is 30.4. The number of thioether (sulfide) groups is 1. The Morgan fingerprint density at radius 2 is 1.56 bits per heavy atom. The number of esters is 1. The number of aliphatic hydroxyl groups is 1. The Hall–Kier alpha value is -4.49. The van der Waals surface area contributed by atoms with Crippen LogP contribution in [0.15, 0.2) is 71.2 Å². The second-order valence-corrected chi connectivity index (χ2v) is 20.3. The lowest BCUT2D eigenvalue weighted by molar-refractivity contribution is -0.166. The number of rotatable bonds is 5. The quantitative estimate of drug-likeness (QED) is 0.307. The molecule has 2 aromatic carbocycles. The first-order chi connectivity index (χ1) is 29.7. The maximum atomic E-state index is 14.7. The molecule has 1 fully saturated rings. The third-order valence-electron chi connectivity index (χ3n) is 13.3. The summed E-state index contributed by atoms with van der Waals surface area (Å²) in [5.74, 6) is -2.02. The molecule has 0 unspecified atom stereocenters. The van der Waals surface area contributed by atoms with Gasteiger partial charge in [-0.15, -0.1) is 11.8 Å². The number of carbonyl (C=O) groups excluding carboxylic acids is 5. The van der Waals surface area contributed by atoms with E-state index in [1.165, 1.54) is 9.80 Å². The van der Waals surface area contributed by atoms with Gasteiger partial charge in [0, 0.05) is 44.3 Å². The van der Waals surface area contributed by atoms with E-state index >= 15 is 0 Å². The zero-order valence-corrected chi connectivity index (χ0v) is 40.1. The summed E-state index contributed by atoms with van der Waals surface area (Å²) >= 11 is 1.56. The monoisotopic (exact) mass is 886 g/mol. The number of nitrogens with one attached hydrogen (secondary N) is 1. The van der Waals surface area contributed by atoms with Crippen LogP contribution in [0.4, 0.5) is 0 Å². The lowest BCUT2D eigenvalue weighted by atomic mass is 9.81. The third-order valence-corrected chi connectivity index (χ3v) is 14.6. The van der Waals surface area contributed by atoms with Crippen LogP contribution >= 0.6 is 11.8 Å². The highest BCUT2D eigenvalue weighted by molar-refractivity contribution is 8.14. The van der Waals surface area contributed by atoms with Crippen LogP contribution in [-0.4, -0.2) is 123 Å². The average Bonchev–Trinajstić information content (AvgIpc) is 3.95. The highest BCUT2D eigenvalue weighted by Gasteiger charge is 2.44. The van der Waals surface area contributed by atoms with Crippen molar-refractivity contribution in [3.05, 3.63) is 71.8 Å². The first-order valence-electron chi connectivity index (χ1n) is 22.8. The summed E-state index contributed by atoms with van der Waals surface area (Å²) < 4.78 is 6.31. The largest absolute Gasteiger partial charge is 0.460 e. The number of aliphatic hydroxyl groups excluding tert-OH is 1. The summed E-state index contributed by atoms with van der Waals surface area (Å²) in [5, 5.41) is 15.3. The van der Waals surface area contributed by atoms with Crippen LogP contribution < -0.4 is 5.32 Å². The number of hydrogen-bond acceptors (Lipinski definition) is 9. The number of aliphatic imine (C=N–C) groups is 1. The fourth-order valence-electron chi connectivity index (χ4n) is 8.81. The predicted molar refractivity (Wildman–Crippen MR) is 251 cm³/mol. The summed E-state index contributed by atoms with van der Waals surface area (Å²) in [4.78, 5) is 81.0. The Balaban J connectivity index is 1.50. The lowest BCUT2D eigenvalue weighted by Crippen LogP contribution is -2.59. The fraction of sp³-hybridized carbons (Fsp3) is 0.600. The number of cyclic esters (lactones) is 1. The predicted octanol–water partition coefficient (Wildman–Crippen LogP) is 6.94. The summed E-state index contributed by atoms with van der Waals surface area (Å²) in [5.41, 5.74) is 2.88. The van der Waals surface area contributed by atoms with Crippen molar-refractivity contribution in [1.82, 2.24) is 20.0 Å². The van der Waals surface area contributed by atoms with Crippen molar-refractivity contribution in [2.24, 2.45) is 28.2 Å². The number of likely N-dealkylation sites (N-methyl/N-ethyl adjacent to an activating group) is 2. The van der Waals surface area contributed by atoms with Gasteiger partial charge in [-0.3, -0.25) is 24.2 Å². The van der Waals surface area contributed by atoms with Crippen molar-refractivity contribution in [2.75, 3.05) is 26.4 Å². The van der Waals surface area contributed by atoms with Crippen LogP contribution in [0.2, 0.25) is 0 Å². The van der Waals surface area contributed by atoms with Gasteiger partial charge in [-0.05, 0) is 73.5 Å². The molecule has 3 aliphatic heterocycles. The maximum absolute atomic E-state index is 14.7. The molecule has 5 rings (SSSR count). The first-order valence-corrected chi connectivity index (χ1v) is 23.8. The Morgan fingerprint density at radius 3 is 2.19 bits per heavy atom. The first kappa shape index (κ1) is 49.5. The van der Waals surface area contributed by atoms with E-state index in [-0.39, 0.29) is 36.1 Å². The third kappa shape index (κ3) is 12.2. The number of ether oxygens (including phenoxy) is 1. The molecule has 10 atom stereocenters. The molecule has 2 N–H and O–H groups in total. The Labute approximate surface area is 379 Å². The molecule has 344 valence electrons. The number of benzene rings is 2. The number of fused-ring (bicyclic) bond motifs is 2. The minimum Gasteiger partial charge on any atom is -0.460 e. The standard InChI is InChI=1S/C50H71N5O7S/c1-12-31(3)43-48(60)55-24-16-19-40(55)49(61)62-42(50(7,8)9)26-30(2)25-41(56)33(5)45-51-38(29-63-45)27-32(4)44(57)52-39(47(59)53(10)34(6)46(58)54(43)11)28-35-20-22-37(23-21-35)36-17-14-13-15-18-36/h13-15,17-18,20-23,27,30-31,33-34,38-43,56H,12,16,19,24-26,28-29H2,1-11H3,(H,52,57)/b32-27+/t30-,31-,33-,34-,38-,39-,40-,41-,42-,43-/m0/s1. The van der Waals surface area contributed by atoms with Crippen LogP contribution in [0.5, 0.6) is 0 Å². The Kier molecular flexibility index (Phi) is 16.9. The summed E-state index contributed by atoms with van der Waals surface area (Å²) in [7, 11) is 3.14. The molecule has 2 aromatic rings. The van der Waals surface area contributed by atoms with Gasteiger partial charge in [-0.2, -0.15) is 0 Å². The van der Waals surface area contributed by atoms with Crippen molar-refractivity contribution < 1.29 is 33.8 Å². The van der Waals surface area contributed by atoms with Gasteiger partial charge < -0.3 is 29.9 Å². The van der Waals surface area contributed by atoms with E-state index in [2.05, 4.69) is 12.2 Å². The van der Waals surface area contributed by atoms with Crippen molar-refractivity contribution in [1.29, 1.82) is 0 Å². The van der Waals surface area contributed by atoms with E-state index in [0.29, 0.717) is 50.0 Å². The van der Waals surface area contributed by atoms with Crippen molar-refractivity contribution >= 4 is 46.4 Å². The van der Waals surface area contributed by atoms with Crippen molar-refractivity contribution in [3.63, 3.8) is 0 Å². The maximum Gasteiger partial charge on any atom is 0.329 e. The molecule has 0 radical (unpaired) electrons. The fourth-order valence-corrected chi connectivity index (χ4v) is 9.95. The molecule has 3 aliphatic rings. The second kappa shape index (κ2) is 21.5. The number of carbonyl (C=O) groups is 5. The van der Waals surface area contributed by atoms with Gasteiger partial charge >= 0.3 is 5.97 Å². The summed E-state index contributed by atoms with van der Waals surface area (Å²) in [6.45, 7) is 17.7. The minimum atomic E-state index is -1.03. The average molecular weight is 886 g/mol. The molecule has 0 aromatic heterocycles. The van der Waals surface area contributed by atoms with Crippen LogP contribution in [0.3, 0.4) is 0 Å². The van der Waals surface area contributed by atoms with Crippen LogP contribution in [0.25, 0.3) is 11.1 Å². The smallest absolute Gasteiger partial charge is 0.329 e. The number of amides is 4. The van der Waals surface area contributed by atoms with Gasteiger partial charge in [0.25, 0.3) is 0 Å². The molecule has 4 amide bonds. The second-order valence-electron chi connectivity index (χ2n) is 19.3. The number of hydrogen-bond donors (Lipinski definition) is 2. The zero-order chi connectivity index (χ0) is 46.3. The molecule has 63 heavy (non-hydrogen) atoms. The van der Waals surface area contributed by atoms with Gasteiger partial charge in [0.2, 0.25) is 23.6 Å². The van der Waals surface area contributed by atoms with Crippen LogP contribution in [-0.2, 0) is 35.1 Å². The van der Waals surface area contributed by atoms with Gasteiger partial charge in [0.15, 0.2) is 0 Å². The van der Waals surface area contributed by atoms with E-state index in [1.807, 2.05) is 96.1 Å². The van der Waals surface area contributed by atoms with E-state index < -0.39 is 65.5 Å². The van der Waals surface area contributed by atoms with Crippen molar-refractivity contribution in [2.45, 2.75) is 143 Å². The molecule has 2 bridgehead atoms. The molecular weight excluding hydrogens is 815 g/mol. The summed E-state index contributed by atoms with van der Waals surface area (Å²) in [6.07, 6.45) is 3.44. The highest BCUT2D eigenvalue weighted by Crippen LogP contribution is 2.34. The molecule has 13 heteroatoms. The van der Waals surface area contributed by atoms with Gasteiger partial charge in [-0.25, -0.2) is 4.79 Å². The zero-order valence-electron chi connectivity index (χ0n) is 39.3. The van der Waals surface area contributed by atoms with E-state index in [1.54, 1.807) is 50.7 Å². The van der Waals surface area contributed by atoms with Crippen LogP contribution in [0, 0.1) is 23.2 Å². The van der Waals surface area contributed by atoms with Crippen molar-refractivity contribution in [3.8, 4) is 11.1 Å². The lowest BCUT2D eigenvalue weighted by Gasteiger charge is -2.39. The SMILES string of the molecule is CC[C@H](C)[C@H]1C(=O)N2CCC[C@H]2C(=O)O[C@H](C(C)(C)C)C[C@@H](C)C[C@H](O)[C@H](C)C2=N[C@@H](/C=C(\C)C(=O)N[C@@H](Cc3ccc(-c4ccccc4)cc3)C(=O)N(C)[C@@H](C)C(=O)N1C)CS2. The summed E-state index contributed by atoms with van der Waals surface area (Å²) in [6, 6.07) is 13.8. The Morgan fingerprint density at radius 1 is 0.905 bits per heavy atom. The van der Waals surface area contributed by atoms with Gasteiger partial charge in [-0.1, -0.05) is 116 Å². The topological polar surface area (TPSA) is 149 Å². The minimum absolute atomic E-state index is 0.00377. The van der Waals surface area contributed by atoms with E-state index in [4.69, 9.17) is 9.73 Å². The highest BCUT2D eigenvalue weighted by atomic mass is 32.2. The molecule has 12 nitrogen and oxygen atoms in total. The van der Waals surface area contributed by atoms with E-state index in [9.17, 15) is 29.1 Å².